The molecule has 0 aliphatic carbocycles. The van der Waals surface area contributed by atoms with Crippen molar-refractivity contribution in [2.45, 2.75) is 25.3 Å². The normalized spacial score (nSPS) is 19.5. The van der Waals surface area contributed by atoms with Crippen LogP contribution in [0.25, 0.3) is 6.08 Å². The second-order valence-corrected chi connectivity index (χ2v) is 8.50. The summed E-state index contributed by atoms with van der Waals surface area (Å²) in [5, 5.41) is 19.0. The summed E-state index contributed by atoms with van der Waals surface area (Å²) in [5.41, 5.74) is 6.16. The van der Waals surface area contributed by atoms with Crippen LogP contribution < -0.4 is 9.64 Å². The third-order valence-corrected chi connectivity index (χ3v) is 6.63. The number of carboxylic acid groups (broad SMARTS) is 1. The lowest BCUT2D eigenvalue weighted by molar-refractivity contribution is -0.131. The van der Waals surface area contributed by atoms with Crippen molar-refractivity contribution in [3.05, 3.63) is 94.6 Å². The van der Waals surface area contributed by atoms with Crippen LogP contribution in [0.1, 0.15) is 34.7 Å². The molecule has 5 heteroatoms. The summed E-state index contributed by atoms with van der Waals surface area (Å²) in [4.78, 5) is 13.3. The molecule has 2 heterocycles. The van der Waals surface area contributed by atoms with Gasteiger partial charge in [0.25, 0.3) is 0 Å². The van der Waals surface area contributed by atoms with Gasteiger partial charge in [0.1, 0.15) is 11.5 Å². The van der Waals surface area contributed by atoms with Gasteiger partial charge in [-0.1, -0.05) is 30.3 Å². The molecule has 2 N–H and O–H groups in total. The Morgan fingerprint density at radius 1 is 1.03 bits per heavy atom. The minimum absolute atomic E-state index is 0.281. The Morgan fingerprint density at radius 2 is 1.84 bits per heavy atom. The molecule has 0 saturated heterocycles. The van der Waals surface area contributed by atoms with Gasteiger partial charge >= 0.3 is 5.97 Å². The zero-order valence-electron chi connectivity index (χ0n) is 17.9. The molecular formula is C27H25NO4. The number of anilines is 1. The van der Waals surface area contributed by atoms with Crippen LogP contribution in [0, 0.1) is 0 Å². The number of benzene rings is 3. The molecule has 1 atom stereocenters. The first-order chi connectivity index (χ1) is 15.4. The van der Waals surface area contributed by atoms with Gasteiger partial charge in [0, 0.05) is 24.7 Å². The van der Waals surface area contributed by atoms with Crippen LogP contribution in [-0.4, -0.2) is 29.3 Å². The maximum absolute atomic E-state index is 10.9. The highest BCUT2D eigenvalue weighted by Gasteiger charge is 2.40. The Bertz CT molecular complexity index is 1210. The van der Waals surface area contributed by atoms with Crippen LogP contribution in [0.4, 0.5) is 5.69 Å². The SMILES string of the molecule is CC1(c2ccc(C=CC(=O)O)cc2)c2ccc(O)cc2CCN1c1ccc2c(c1)CCO2. The van der Waals surface area contributed by atoms with Crippen molar-refractivity contribution in [3.63, 3.8) is 0 Å². The molecule has 0 bridgehead atoms. The van der Waals surface area contributed by atoms with Crippen molar-refractivity contribution in [2.24, 2.45) is 0 Å². The van der Waals surface area contributed by atoms with E-state index in [-0.39, 0.29) is 5.75 Å². The van der Waals surface area contributed by atoms with Crippen molar-refractivity contribution in [1.29, 1.82) is 0 Å². The van der Waals surface area contributed by atoms with Crippen molar-refractivity contribution in [3.8, 4) is 11.5 Å². The van der Waals surface area contributed by atoms with E-state index in [0.717, 1.165) is 65.8 Å². The molecule has 3 aromatic rings. The summed E-state index contributed by atoms with van der Waals surface area (Å²) >= 11 is 0. The third-order valence-electron chi connectivity index (χ3n) is 6.63. The van der Waals surface area contributed by atoms with E-state index in [9.17, 15) is 9.90 Å². The zero-order valence-corrected chi connectivity index (χ0v) is 17.9. The van der Waals surface area contributed by atoms with E-state index in [1.807, 2.05) is 24.3 Å². The predicted octanol–water partition coefficient (Wildman–Crippen LogP) is 4.75. The van der Waals surface area contributed by atoms with Crippen molar-refractivity contribution in [1.82, 2.24) is 0 Å². The van der Waals surface area contributed by atoms with Gasteiger partial charge in [-0.2, -0.15) is 0 Å². The summed E-state index contributed by atoms with van der Waals surface area (Å²) in [5.74, 6) is 0.282. The number of phenolic OH excluding ortho intramolecular Hbond substituents is 1. The van der Waals surface area contributed by atoms with E-state index in [0.29, 0.717) is 0 Å². The molecule has 0 spiro atoms. The number of fused-ring (bicyclic) bond motifs is 2. The standard InChI is InChI=1S/C27H25NO4/c1-27(21-5-2-18(3-6-21)4-11-26(30)31)24-9-8-23(29)17-19(24)12-14-28(27)22-7-10-25-20(16-22)13-15-32-25/h2-11,16-17,29H,12-15H2,1H3,(H,30,31). The average molecular weight is 428 g/mol. The van der Waals surface area contributed by atoms with E-state index in [1.165, 1.54) is 5.56 Å². The number of aromatic hydroxyl groups is 1. The molecule has 2 aliphatic rings. The second kappa shape index (κ2) is 7.75. The maximum atomic E-state index is 10.9. The Balaban J connectivity index is 1.62. The van der Waals surface area contributed by atoms with Crippen LogP contribution in [0.5, 0.6) is 11.5 Å². The number of nitrogens with zero attached hydrogens (tertiary/aromatic N) is 1. The fourth-order valence-electron chi connectivity index (χ4n) is 4.99. The van der Waals surface area contributed by atoms with Gasteiger partial charge in [0.15, 0.2) is 0 Å². The molecule has 162 valence electrons. The summed E-state index contributed by atoms with van der Waals surface area (Å²) < 4.78 is 5.71. The quantitative estimate of drug-likeness (QED) is 0.588. The molecule has 0 radical (unpaired) electrons. The fraction of sp³-hybridized carbons (Fsp3) is 0.222. The predicted molar refractivity (Wildman–Crippen MR) is 124 cm³/mol. The number of ether oxygens (including phenoxy) is 1. The van der Waals surface area contributed by atoms with E-state index >= 15 is 0 Å². The second-order valence-electron chi connectivity index (χ2n) is 8.50. The first kappa shape index (κ1) is 20.2. The summed E-state index contributed by atoms with van der Waals surface area (Å²) in [7, 11) is 0. The molecular weight excluding hydrogens is 402 g/mol. The lowest BCUT2D eigenvalue weighted by Crippen LogP contribution is -2.49. The molecule has 3 aromatic carbocycles. The lowest BCUT2D eigenvalue weighted by atomic mass is 9.76. The number of phenols is 1. The Morgan fingerprint density at radius 3 is 2.62 bits per heavy atom. The molecule has 0 saturated carbocycles. The highest BCUT2D eigenvalue weighted by molar-refractivity contribution is 5.85. The van der Waals surface area contributed by atoms with Crippen molar-refractivity contribution >= 4 is 17.7 Å². The Hall–Kier alpha value is -3.73. The highest BCUT2D eigenvalue weighted by atomic mass is 16.5. The van der Waals surface area contributed by atoms with E-state index in [1.54, 1.807) is 12.1 Å². The first-order valence-corrected chi connectivity index (χ1v) is 10.8. The lowest BCUT2D eigenvalue weighted by Gasteiger charge is -2.48. The number of hydrogen-bond acceptors (Lipinski definition) is 4. The van der Waals surface area contributed by atoms with Gasteiger partial charge in [0.2, 0.25) is 0 Å². The van der Waals surface area contributed by atoms with Crippen LogP contribution in [0.2, 0.25) is 0 Å². The van der Waals surface area contributed by atoms with Crippen molar-refractivity contribution < 1.29 is 19.7 Å². The molecule has 32 heavy (non-hydrogen) atoms. The molecule has 0 amide bonds. The monoisotopic (exact) mass is 427 g/mol. The fourth-order valence-corrected chi connectivity index (χ4v) is 4.99. The van der Waals surface area contributed by atoms with Crippen LogP contribution in [0.3, 0.4) is 0 Å². The molecule has 1 unspecified atom stereocenters. The molecule has 5 nitrogen and oxygen atoms in total. The highest BCUT2D eigenvalue weighted by Crippen LogP contribution is 2.45. The Labute approximate surface area is 187 Å². The largest absolute Gasteiger partial charge is 0.508 e. The molecule has 0 fully saturated rings. The topological polar surface area (TPSA) is 70.0 Å². The number of hydrogen-bond donors (Lipinski definition) is 2. The van der Waals surface area contributed by atoms with E-state index in [2.05, 4.69) is 42.2 Å². The average Bonchev–Trinajstić information content (AvgIpc) is 3.26. The number of carboxylic acids is 1. The summed E-state index contributed by atoms with van der Waals surface area (Å²) in [6, 6.07) is 20.1. The minimum Gasteiger partial charge on any atom is -0.508 e. The zero-order chi connectivity index (χ0) is 22.3. The van der Waals surface area contributed by atoms with Crippen LogP contribution in [-0.2, 0) is 23.2 Å². The molecule has 2 aliphatic heterocycles. The van der Waals surface area contributed by atoms with Crippen LogP contribution in [0.15, 0.2) is 66.7 Å². The smallest absolute Gasteiger partial charge is 0.328 e. The molecule has 0 aromatic heterocycles. The van der Waals surface area contributed by atoms with Gasteiger partial charge in [0.05, 0.1) is 12.1 Å². The number of rotatable bonds is 4. The van der Waals surface area contributed by atoms with Gasteiger partial charge in [-0.15, -0.1) is 0 Å². The molecule has 5 rings (SSSR count). The van der Waals surface area contributed by atoms with Crippen molar-refractivity contribution in [2.75, 3.05) is 18.1 Å². The van der Waals surface area contributed by atoms with Gasteiger partial charge in [-0.3, -0.25) is 0 Å². The van der Waals surface area contributed by atoms with E-state index in [4.69, 9.17) is 9.84 Å². The number of aliphatic carboxylic acids is 1. The number of carbonyl (C=O) groups is 1. The Kier molecular flexibility index (Phi) is 4.89. The summed E-state index contributed by atoms with van der Waals surface area (Å²) in [6.45, 7) is 3.75. The summed E-state index contributed by atoms with van der Waals surface area (Å²) in [6.07, 6.45) is 4.50. The van der Waals surface area contributed by atoms with Gasteiger partial charge in [-0.25, -0.2) is 4.79 Å². The van der Waals surface area contributed by atoms with Gasteiger partial charge < -0.3 is 19.8 Å². The van der Waals surface area contributed by atoms with E-state index < -0.39 is 11.5 Å². The first-order valence-electron chi connectivity index (χ1n) is 10.8. The minimum atomic E-state index is -0.964. The third kappa shape index (κ3) is 3.40. The van der Waals surface area contributed by atoms with Gasteiger partial charge in [-0.05, 0) is 77.6 Å². The van der Waals surface area contributed by atoms with Crippen LogP contribution >= 0.6 is 0 Å². The maximum Gasteiger partial charge on any atom is 0.328 e.